The second-order valence-electron chi connectivity index (χ2n) is 9.02. The normalized spacial score (nSPS) is 17.0. The van der Waals surface area contributed by atoms with E-state index in [1.165, 1.54) is 4.90 Å². The van der Waals surface area contributed by atoms with E-state index < -0.39 is 17.7 Å². The van der Waals surface area contributed by atoms with E-state index in [0.717, 1.165) is 5.56 Å². The number of nitrogens with zero attached hydrogens (tertiary/aromatic N) is 2. The zero-order valence-electron chi connectivity index (χ0n) is 20.7. The lowest BCUT2D eigenvalue weighted by Gasteiger charge is -2.25. The van der Waals surface area contributed by atoms with Crippen molar-refractivity contribution >= 4 is 17.4 Å². The Hall–Kier alpha value is -4.13. The molecule has 0 bridgehead atoms. The number of aromatic nitrogens is 1. The number of ketones is 1. The van der Waals surface area contributed by atoms with Gasteiger partial charge in [0.05, 0.1) is 24.8 Å². The Labute approximate surface area is 211 Å². The molecule has 0 saturated carbocycles. The summed E-state index contributed by atoms with van der Waals surface area (Å²) in [5.74, 6) is -0.0198. The van der Waals surface area contributed by atoms with Crippen LogP contribution in [0.2, 0.25) is 0 Å². The van der Waals surface area contributed by atoms with Gasteiger partial charge in [-0.25, -0.2) is 0 Å². The third-order valence-corrected chi connectivity index (χ3v) is 5.81. The average Bonchev–Trinajstić information content (AvgIpc) is 3.13. The monoisotopic (exact) mass is 486 g/mol. The zero-order chi connectivity index (χ0) is 25.7. The van der Waals surface area contributed by atoms with Gasteiger partial charge in [0.2, 0.25) is 0 Å². The maximum atomic E-state index is 13.3. The molecular weight excluding hydrogens is 456 g/mol. The fourth-order valence-electron chi connectivity index (χ4n) is 4.15. The molecule has 0 spiro atoms. The van der Waals surface area contributed by atoms with Gasteiger partial charge in [0, 0.05) is 24.5 Å². The minimum Gasteiger partial charge on any atom is -0.507 e. The van der Waals surface area contributed by atoms with Crippen molar-refractivity contribution in [3.63, 3.8) is 0 Å². The molecule has 1 aliphatic heterocycles. The van der Waals surface area contributed by atoms with Crippen LogP contribution in [0.3, 0.4) is 0 Å². The Morgan fingerprint density at radius 3 is 2.47 bits per heavy atom. The number of hydrogen-bond acceptors (Lipinski definition) is 6. The molecule has 0 radical (unpaired) electrons. The van der Waals surface area contributed by atoms with Gasteiger partial charge in [-0.15, -0.1) is 0 Å². The van der Waals surface area contributed by atoms with E-state index in [1.807, 2.05) is 37.3 Å². The van der Waals surface area contributed by atoms with Crippen LogP contribution in [0.5, 0.6) is 11.5 Å². The molecule has 1 amide bonds. The molecular formula is C29H30N2O5. The molecule has 2 heterocycles. The van der Waals surface area contributed by atoms with Crippen molar-refractivity contribution in [1.29, 1.82) is 0 Å². The number of carbonyl (C=O) groups excluding carboxylic acids is 2. The van der Waals surface area contributed by atoms with Gasteiger partial charge in [0.1, 0.15) is 17.3 Å². The topological polar surface area (TPSA) is 89.0 Å². The van der Waals surface area contributed by atoms with E-state index in [-0.39, 0.29) is 17.9 Å². The van der Waals surface area contributed by atoms with Crippen molar-refractivity contribution in [3.8, 4) is 11.5 Å². The summed E-state index contributed by atoms with van der Waals surface area (Å²) >= 11 is 0. The van der Waals surface area contributed by atoms with E-state index in [9.17, 15) is 14.7 Å². The SMILES string of the molecule is CCOc1ccc(/C(O)=C2/C(=O)C(=O)N(Cc3cccnc3)C2c2cccc(OCC(C)C)c2)cc1. The van der Waals surface area contributed by atoms with E-state index in [4.69, 9.17) is 9.47 Å². The summed E-state index contributed by atoms with van der Waals surface area (Å²) in [7, 11) is 0. The molecule has 186 valence electrons. The molecule has 36 heavy (non-hydrogen) atoms. The molecule has 0 aliphatic carbocycles. The van der Waals surface area contributed by atoms with Crippen LogP contribution >= 0.6 is 0 Å². The predicted molar refractivity (Wildman–Crippen MR) is 136 cm³/mol. The first kappa shape index (κ1) is 25.0. The van der Waals surface area contributed by atoms with Gasteiger partial charge in [0.15, 0.2) is 0 Å². The number of aliphatic hydroxyl groups excluding tert-OH is 1. The molecule has 1 atom stereocenters. The molecule has 1 aromatic heterocycles. The van der Waals surface area contributed by atoms with E-state index in [2.05, 4.69) is 18.8 Å². The lowest BCUT2D eigenvalue weighted by molar-refractivity contribution is -0.140. The number of carbonyl (C=O) groups is 2. The van der Waals surface area contributed by atoms with E-state index in [0.29, 0.717) is 41.8 Å². The third-order valence-electron chi connectivity index (χ3n) is 5.81. The van der Waals surface area contributed by atoms with Crippen LogP contribution in [-0.4, -0.2) is 39.9 Å². The molecule has 3 aromatic rings. The number of benzene rings is 2. The molecule has 7 nitrogen and oxygen atoms in total. The summed E-state index contributed by atoms with van der Waals surface area (Å²) in [4.78, 5) is 32.1. The maximum absolute atomic E-state index is 13.3. The van der Waals surface area contributed by atoms with Crippen LogP contribution in [0.1, 0.15) is 43.5 Å². The summed E-state index contributed by atoms with van der Waals surface area (Å²) in [6.07, 6.45) is 3.31. The first-order valence-corrected chi connectivity index (χ1v) is 12.0. The van der Waals surface area contributed by atoms with Gasteiger partial charge >= 0.3 is 0 Å². The van der Waals surface area contributed by atoms with Crippen molar-refractivity contribution in [2.75, 3.05) is 13.2 Å². The Bertz CT molecular complexity index is 1250. The number of Topliss-reactive ketones (excluding diaryl/α,β-unsaturated/α-hetero) is 1. The van der Waals surface area contributed by atoms with Crippen LogP contribution in [0.15, 0.2) is 78.6 Å². The van der Waals surface area contributed by atoms with Crippen LogP contribution in [0, 0.1) is 5.92 Å². The predicted octanol–water partition coefficient (Wildman–Crippen LogP) is 5.14. The van der Waals surface area contributed by atoms with Crippen molar-refractivity contribution in [2.45, 2.75) is 33.4 Å². The fourth-order valence-corrected chi connectivity index (χ4v) is 4.15. The van der Waals surface area contributed by atoms with Crippen LogP contribution in [0.4, 0.5) is 0 Å². The minimum atomic E-state index is -0.792. The molecule has 1 aliphatic rings. The highest BCUT2D eigenvalue weighted by atomic mass is 16.5. The Balaban J connectivity index is 1.80. The summed E-state index contributed by atoms with van der Waals surface area (Å²) in [5, 5.41) is 11.3. The van der Waals surface area contributed by atoms with Crippen molar-refractivity contribution in [3.05, 3.63) is 95.3 Å². The van der Waals surface area contributed by atoms with Gasteiger partial charge in [0.25, 0.3) is 11.7 Å². The molecule has 2 aromatic carbocycles. The second kappa shape index (κ2) is 11.1. The number of rotatable bonds is 9. The summed E-state index contributed by atoms with van der Waals surface area (Å²) in [5.41, 5.74) is 1.91. The fraction of sp³-hybridized carbons (Fsp3) is 0.276. The van der Waals surface area contributed by atoms with E-state index in [1.54, 1.807) is 42.7 Å². The van der Waals surface area contributed by atoms with Crippen molar-refractivity contribution < 1.29 is 24.2 Å². The van der Waals surface area contributed by atoms with Gasteiger partial charge < -0.3 is 19.5 Å². The summed E-state index contributed by atoms with van der Waals surface area (Å²) < 4.78 is 11.4. The third kappa shape index (κ3) is 5.40. The van der Waals surface area contributed by atoms with Crippen LogP contribution in [-0.2, 0) is 16.1 Å². The highest BCUT2D eigenvalue weighted by Gasteiger charge is 2.46. The number of aliphatic hydroxyl groups is 1. The van der Waals surface area contributed by atoms with Crippen molar-refractivity contribution in [2.24, 2.45) is 5.92 Å². The Morgan fingerprint density at radius 1 is 1.03 bits per heavy atom. The van der Waals surface area contributed by atoms with Gasteiger partial charge in [-0.2, -0.15) is 0 Å². The average molecular weight is 487 g/mol. The Morgan fingerprint density at radius 2 is 1.81 bits per heavy atom. The molecule has 4 rings (SSSR count). The quantitative estimate of drug-likeness (QED) is 0.256. The largest absolute Gasteiger partial charge is 0.507 e. The highest BCUT2D eigenvalue weighted by molar-refractivity contribution is 6.46. The first-order chi connectivity index (χ1) is 17.4. The number of pyridine rings is 1. The zero-order valence-corrected chi connectivity index (χ0v) is 20.7. The van der Waals surface area contributed by atoms with Crippen LogP contribution in [0.25, 0.3) is 5.76 Å². The van der Waals surface area contributed by atoms with Crippen molar-refractivity contribution in [1.82, 2.24) is 9.88 Å². The number of amides is 1. The lowest BCUT2D eigenvalue weighted by atomic mass is 9.95. The number of hydrogen-bond donors (Lipinski definition) is 1. The molecule has 1 saturated heterocycles. The molecule has 1 unspecified atom stereocenters. The van der Waals surface area contributed by atoms with Gasteiger partial charge in [-0.3, -0.25) is 14.6 Å². The molecule has 1 fully saturated rings. The lowest BCUT2D eigenvalue weighted by Crippen LogP contribution is -2.29. The van der Waals surface area contributed by atoms with E-state index >= 15 is 0 Å². The number of likely N-dealkylation sites (tertiary alicyclic amines) is 1. The Kier molecular flexibility index (Phi) is 7.68. The first-order valence-electron chi connectivity index (χ1n) is 12.0. The smallest absolute Gasteiger partial charge is 0.295 e. The maximum Gasteiger partial charge on any atom is 0.295 e. The minimum absolute atomic E-state index is 0.0362. The standard InChI is InChI=1S/C29H30N2O5/c1-4-35-23-12-10-21(11-13-23)27(32)25-26(22-8-5-9-24(15-22)36-18-19(2)3)31(29(34)28(25)33)17-20-7-6-14-30-16-20/h5-16,19,26,32H,4,17-18H2,1-3H3/b27-25-. The summed E-state index contributed by atoms with van der Waals surface area (Å²) in [6.45, 7) is 7.22. The van der Waals surface area contributed by atoms with Gasteiger partial charge in [-0.1, -0.05) is 32.0 Å². The highest BCUT2D eigenvalue weighted by Crippen LogP contribution is 2.41. The molecule has 7 heteroatoms. The number of ether oxygens (including phenoxy) is 2. The molecule has 1 N–H and O–H groups in total. The summed E-state index contributed by atoms with van der Waals surface area (Å²) in [6, 6.07) is 16.9. The van der Waals surface area contributed by atoms with Crippen LogP contribution < -0.4 is 9.47 Å². The second-order valence-corrected chi connectivity index (χ2v) is 9.02. The van der Waals surface area contributed by atoms with Gasteiger partial charge in [-0.05, 0) is 66.4 Å².